The number of rotatable bonds is 2. The fraction of sp³-hybridized carbons (Fsp3) is 0.333. The van der Waals surface area contributed by atoms with Crippen molar-refractivity contribution in [3.05, 3.63) is 69.8 Å². The lowest BCUT2D eigenvalue weighted by molar-refractivity contribution is 0.510. The zero-order chi connectivity index (χ0) is 17.8. The summed E-state index contributed by atoms with van der Waals surface area (Å²) in [6, 6.07) is 10.7. The van der Waals surface area contributed by atoms with Crippen molar-refractivity contribution in [2.24, 2.45) is 0 Å². The van der Waals surface area contributed by atoms with Gasteiger partial charge in [0.25, 0.3) is 0 Å². The Labute approximate surface area is 148 Å². The first kappa shape index (κ1) is 16.3. The SMILES string of the molecule is CC(=C1C[N+]([O-])(c2ccc3c(c2)CCC3)c2ccc(F)cc21)N(C)C. The van der Waals surface area contributed by atoms with E-state index in [1.54, 1.807) is 6.07 Å². The quantitative estimate of drug-likeness (QED) is 0.583. The van der Waals surface area contributed by atoms with Gasteiger partial charge in [0.05, 0.1) is 0 Å². The zero-order valence-electron chi connectivity index (χ0n) is 15.0. The number of nitrogens with zero attached hydrogens (tertiary/aromatic N) is 2. The molecule has 4 rings (SSSR count). The summed E-state index contributed by atoms with van der Waals surface area (Å²) in [5.41, 5.74) is 6.69. The van der Waals surface area contributed by atoms with Crippen LogP contribution in [0.25, 0.3) is 5.57 Å². The predicted octanol–water partition coefficient (Wildman–Crippen LogP) is 4.76. The number of fused-ring (bicyclic) bond motifs is 2. The molecule has 0 spiro atoms. The molecule has 0 fully saturated rings. The summed E-state index contributed by atoms with van der Waals surface area (Å²) in [7, 11) is 3.91. The van der Waals surface area contributed by atoms with Crippen molar-refractivity contribution in [2.75, 3.05) is 20.6 Å². The van der Waals surface area contributed by atoms with Gasteiger partial charge in [-0.15, -0.1) is 0 Å². The van der Waals surface area contributed by atoms with Gasteiger partial charge in [0.15, 0.2) is 0 Å². The van der Waals surface area contributed by atoms with Crippen molar-refractivity contribution in [3.8, 4) is 0 Å². The molecule has 0 N–H and O–H groups in total. The highest BCUT2D eigenvalue weighted by molar-refractivity contribution is 5.88. The van der Waals surface area contributed by atoms with E-state index in [0.29, 0.717) is 12.2 Å². The minimum atomic E-state index is -0.538. The van der Waals surface area contributed by atoms with Gasteiger partial charge < -0.3 is 10.1 Å². The van der Waals surface area contributed by atoms with E-state index >= 15 is 0 Å². The van der Waals surface area contributed by atoms with Crippen LogP contribution in [0.3, 0.4) is 0 Å². The maximum Gasteiger partial charge on any atom is 0.146 e. The second kappa shape index (κ2) is 5.68. The molecular formula is C21H23FN2O. The summed E-state index contributed by atoms with van der Waals surface area (Å²) in [6.07, 6.45) is 3.30. The average Bonchev–Trinajstić information content (AvgIpc) is 3.16. The third-order valence-electron chi connectivity index (χ3n) is 5.66. The molecule has 2 aromatic rings. The Morgan fingerprint density at radius 1 is 1.08 bits per heavy atom. The summed E-state index contributed by atoms with van der Waals surface area (Å²) < 4.78 is 13.4. The lowest BCUT2D eigenvalue weighted by Crippen LogP contribution is -2.35. The van der Waals surface area contributed by atoms with E-state index in [2.05, 4.69) is 12.1 Å². The number of benzene rings is 2. The zero-order valence-corrected chi connectivity index (χ0v) is 15.0. The molecule has 4 heteroatoms. The smallest absolute Gasteiger partial charge is 0.146 e. The van der Waals surface area contributed by atoms with Crippen molar-refractivity contribution >= 4 is 16.9 Å². The van der Waals surface area contributed by atoms with Gasteiger partial charge in [-0.1, -0.05) is 6.07 Å². The number of halogens is 1. The van der Waals surface area contributed by atoms with Crippen molar-refractivity contribution in [1.29, 1.82) is 0 Å². The van der Waals surface area contributed by atoms with Gasteiger partial charge in [0.1, 0.15) is 23.7 Å². The molecule has 0 saturated carbocycles. The fourth-order valence-corrected chi connectivity index (χ4v) is 4.05. The lowest BCUT2D eigenvalue weighted by atomic mass is 10.1. The average molecular weight is 338 g/mol. The Hall–Kier alpha value is -2.17. The highest BCUT2D eigenvalue weighted by Crippen LogP contribution is 2.48. The Bertz CT molecular complexity index is 887. The first-order valence-corrected chi connectivity index (χ1v) is 8.79. The summed E-state index contributed by atoms with van der Waals surface area (Å²) in [4.78, 5) is 1.99. The maximum absolute atomic E-state index is 13.9. The summed E-state index contributed by atoms with van der Waals surface area (Å²) in [6.45, 7) is 2.30. The lowest BCUT2D eigenvalue weighted by Gasteiger charge is -2.38. The minimum Gasteiger partial charge on any atom is -0.622 e. The number of hydroxylamine groups is 1. The topological polar surface area (TPSA) is 26.3 Å². The highest BCUT2D eigenvalue weighted by Gasteiger charge is 2.38. The second-order valence-corrected chi connectivity index (χ2v) is 7.32. The Morgan fingerprint density at radius 3 is 2.60 bits per heavy atom. The van der Waals surface area contributed by atoms with Crippen molar-refractivity contribution in [1.82, 2.24) is 9.55 Å². The van der Waals surface area contributed by atoms with Gasteiger partial charge in [-0.25, -0.2) is 4.39 Å². The summed E-state index contributed by atoms with van der Waals surface area (Å²) >= 11 is 0. The molecule has 0 bridgehead atoms. The van der Waals surface area contributed by atoms with E-state index in [9.17, 15) is 9.60 Å². The first-order valence-electron chi connectivity index (χ1n) is 8.79. The highest BCUT2D eigenvalue weighted by atomic mass is 19.1. The fourth-order valence-electron chi connectivity index (χ4n) is 4.05. The third-order valence-corrected chi connectivity index (χ3v) is 5.66. The van der Waals surface area contributed by atoms with Crippen molar-refractivity contribution in [2.45, 2.75) is 26.2 Å². The molecule has 0 aromatic heterocycles. The third kappa shape index (κ3) is 2.48. The number of hydrogen-bond donors (Lipinski definition) is 0. The van der Waals surface area contributed by atoms with Crippen LogP contribution in [-0.4, -0.2) is 25.5 Å². The van der Waals surface area contributed by atoms with Crippen LogP contribution in [0.15, 0.2) is 42.1 Å². The molecule has 130 valence electrons. The van der Waals surface area contributed by atoms with Crippen LogP contribution in [0, 0.1) is 11.0 Å². The van der Waals surface area contributed by atoms with Crippen LogP contribution in [0.5, 0.6) is 0 Å². The second-order valence-electron chi connectivity index (χ2n) is 7.32. The molecule has 1 aliphatic heterocycles. The van der Waals surface area contributed by atoms with Gasteiger partial charge in [-0.2, -0.15) is 0 Å². The van der Waals surface area contributed by atoms with Crippen LogP contribution in [-0.2, 0) is 12.8 Å². The standard InChI is InChI=1S/C21H23FN2O/c1-14(23(2)3)20-13-24(25,21-10-8-17(22)12-19(20)21)18-9-7-15-5-4-6-16(15)11-18/h7-12H,4-6,13H2,1-3H3. The van der Waals surface area contributed by atoms with Gasteiger partial charge in [0.2, 0.25) is 0 Å². The number of allylic oxidation sites excluding steroid dienone is 1. The molecular weight excluding hydrogens is 315 g/mol. The summed E-state index contributed by atoms with van der Waals surface area (Å²) in [5, 5.41) is 13.9. The van der Waals surface area contributed by atoms with E-state index in [-0.39, 0.29) is 5.82 Å². The minimum absolute atomic E-state index is 0.301. The Balaban J connectivity index is 1.90. The van der Waals surface area contributed by atoms with Crippen LogP contribution in [0.4, 0.5) is 15.8 Å². The monoisotopic (exact) mass is 338 g/mol. The predicted molar refractivity (Wildman–Crippen MR) is 101 cm³/mol. The van der Waals surface area contributed by atoms with Crippen molar-refractivity contribution in [3.63, 3.8) is 0 Å². The van der Waals surface area contributed by atoms with E-state index < -0.39 is 4.65 Å². The molecule has 1 unspecified atom stereocenters. The van der Waals surface area contributed by atoms with Gasteiger partial charge in [-0.3, -0.25) is 4.65 Å². The maximum atomic E-state index is 13.9. The van der Waals surface area contributed by atoms with E-state index in [1.807, 2.05) is 32.0 Å². The van der Waals surface area contributed by atoms with E-state index in [4.69, 9.17) is 0 Å². The van der Waals surface area contributed by atoms with Crippen LogP contribution in [0.2, 0.25) is 0 Å². The summed E-state index contributed by atoms with van der Waals surface area (Å²) in [5.74, 6) is -0.301. The van der Waals surface area contributed by atoms with Crippen LogP contribution in [0.1, 0.15) is 30.0 Å². The molecule has 3 nitrogen and oxygen atoms in total. The molecule has 1 heterocycles. The van der Waals surface area contributed by atoms with E-state index in [0.717, 1.165) is 41.8 Å². The number of hydrogen-bond acceptors (Lipinski definition) is 2. The normalized spacial score (nSPS) is 23.4. The molecule has 0 saturated heterocycles. The number of quaternary nitrogens is 1. The largest absolute Gasteiger partial charge is 0.622 e. The van der Waals surface area contributed by atoms with E-state index in [1.165, 1.54) is 23.3 Å². The molecule has 1 atom stereocenters. The van der Waals surface area contributed by atoms with Gasteiger partial charge in [0, 0.05) is 49.1 Å². The first-order chi connectivity index (χ1) is 11.9. The molecule has 0 amide bonds. The molecule has 2 aromatic carbocycles. The Kier molecular flexibility index (Phi) is 3.71. The molecule has 1 aliphatic carbocycles. The van der Waals surface area contributed by atoms with Gasteiger partial charge in [-0.05, 0) is 49.4 Å². The van der Waals surface area contributed by atoms with Crippen LogP contribution >= 0.6 is 0 Å². The van der Waals surface area contributed by atoms with Crippen molar-refractivity contribution < 1.29 is 4.39 Å². The molecule has 2 aliphatic rings. The Morgan fingerprint density at radius 2 is 1.84 bits per heavy atom. The number of aryl methyl sites for hydroxylation is 2. The molecule has 0 radical (unpaired) electrons. The van der Waals surface area contributed by atoms with Crippen LogP contribution < -0.4 is 4.65 Å². The van der Waals surface area contributed by atoms with Gasteiger partial charge >= 0.3 is 0 Å². The molecule has 25 heavy (non-hydrogen) atoms.